The Balaban J connectivity index is 2.11. The normalized spacial score (nSPS) is 17.7. The average Bonchev–Trinajstić information content (AvgIpc) is 3.16. The number of anilines is 1. The molecule has 8 nitrogen and oxygen atoms in total. The van der Waals surface area contributed by atoms with Crippen molar-refractivity contribution >= 4 is 29.8 Å². The first kappa shape index (κ1) is 26.1. The molecule has 0 spiro atoms. The molecule has 0 aliphatic carbocycles. The van der Waals surface area contributed by atoms with Crippen LogP contribution in [0, 0.1) is 21.9 Å². The molecule has 2 atom stereocenters. The summed E-state index contributed by atoms with van der Waals surface area (Å²) >= 11 is 0. The highest BCUT2D eigenvalue weighted by atomic mass is 16.6. The van der Waals surface area contributed by atoms with E-state index >= 15 is 0 Å². The molecule has 1 aliphatic rings. The topological polar surface area (TPSA) is 120 Å². The molecule has 3 aromatic rings. The minimum absolute atomic E-state index is 0.164. The van der Waals surface area contributed by atoms with Gasteiger partial charge in [0, 0.05) is 5.56 Å². The van der Waals surface area contributed by atoms with Crippen molar-refractivity contribution < 1.29 is 19.1 Å². The number of hydrogen-bond donors (Lipinski definition) is 1. The maximum Gasteiger partial charge on any atom is 0.421 e. The molecule has 3 aromatic carbocycles. The Labute approximate surface area is 220 Å². The van der Waals surface area contributed by atoms with E-state index in [2.05, 4.69) is 5.87 Å². The van der Waals surface area contributed by atoms with Crippen LogP contribution in [-0.4, -0.2) is 34.4 Å². The van der Waals surface area contributed by atoms with Gasteiger partial charge in [0.25, 0.3) is 5.54 Å². The Bertz CT molecular complexity index is 1500. The Kier molecular flexibility index (Phi) is 6.98. The van der Waals surface area contributed by atoms with E-state index in [1.165, 1.54) is 6.21 Å². The van der Waals surface area contributed by atoms with Gasteiger partial charge < -0.3 is 9.94 Å². The van der Waals surface area contributed by atoms with Crippen molar-refractivity contribution in [3.63, 3.8) is 0 Å². The van der Waals surface area contributed by atoms with E-state index in [-0.39, 0.29) is 16.8 Å². The fraction of sp³-hybridized carbons (Fsp3) is 0.200. The zero-order valence-electron chi connectivity index (χ0n) is 21.2. The van der Waals surface area contributed by atoms with E-state index in [4.69, 9.17) is 10.1 Å². The van der Waals surface area contributed by atoms with Crippen LogP contribution in [0.15, 0.2) is 90.5 Å². The van der Waals surface area contributed by atoms with E-state index in [1.807, 2.05) is 6.07 Å². The average molecular weight is 507 g/mol. The molecular formula is C30H26N4O4. The van der Waals surface area contributed by atoms with Crippen molar-refractivity contribution in [2.45, 2.75) is 37.8 Å². The van der Waals surface area contributed by atoms with Gasteiger partial charge in [0.05, 0.1) is 11.3 Å². The van der Waals surface area contributed by atoms with Crippen molar-refractivity contribution in [3.05, 3.63) is 112 Å². The van der Waals surface area contributed by atoms with Crippen LogP contribution in [-0.2, 0) is 15.1 Å². The molecular weight excluding hydrogens is 480 g/mol. The molecule has 8 heteroatoms. The van der Waals surface area contributed by atoms with Gasteiger partial charge in [0.2, 0.25) is 0 Å². The zero-order chi connectivity index (χ0) is 27.5. The fourth-order valence-corrected chi connectivity index (χ4v) is 4.70. The molecule has 0 fully saturated rings. The second kappa shape index (κ2) is 10.2. The Morgan fingerprint density at radius 3 is 2.21 bits per heavy atom. The van der Waals surface area contributed by atoms with Gasteiger partial charge in [-0.3, -0.25) is 10.2 Å². The Morgan fingerprint density at radius 1 is 1.05 bits per heavy atom. The van der Waals surface area contributed by atoms with E-state index in [1.54, 1.807) is 106 Å². The number of carbonyl (C=O) groups excluding carboxylic acids is 2. The summed E-state index contributed by atoms with van der Waals surface area (Å²) in [5.41, 5.74) is -2.02. The molecule has 190 valence electrons. The molecule has 1 aliphatic heterocycles. The monoisotopic (exact) mass is 506 g/mol. The van der Waals surface area contributed by atoms with Crippen LogP contribution in [0.25, 0.3) is 0 Å². The number of carbonyl (C=O) groups is 2. The van der Waals surface area contributed by atoms with Gasteiger partial charge in [-0.2, -0.15) is 10.0 Å². The van der Waals surface area contributed by atoms with Crippen LogP contribution in [0.4, 0.5) is 10.5 Å². The number of hydroxylamine groups is 1. The lowest BCUT2D eigenvalue weighted by molar-refractivity contribution is -0.538. The van der Waals surface area contributed by atoms with Crippen LogP contribution in [0.3, 0.4) is 0 Å². The molecule has 0 saturated heterocycles. The summed E-state index contributed by atoms with van der Waals surface area (Å²) in [5.74, 6) is -0.0261. The summed E-state index contributed by atoms with van der Waals surface area (Å²) < 4.78 is 6.04. The number of nitriles is 1. The Morgan fingerprint density at radius 2 is 1.63 bits per heavy atom. The number of nitrogens with one attached hydrogen (secondary N) is 1. The van der Waals surface area contributed by atoms with Crippen molar-refractivity contribution in [1.82, 2.24) is 0 Å². The van der Waals surface area contributed by atoms with Gasteiger partial charge in [-0.05, 0) is 56.5 Å². The molecule has 0 radical (unpaired) electrons. The molecule has 4 rings (SSSR count). The fourth-order valence-electron chi connectivity index (χ4n) is 4.70. The lowest BCUT2D eigenvalue weighted by atomic mass is 9.71. The van der Waals surface area contributed by atoms with Gasteiger partial charge in [0.1, 0.15) is 23.2 Å². The Hall–Kier alpha value is -4.99. The first-order valence-electron chi connectivity index (χ1n) is 11.9. The van der Waals surface area contributed by atoms with Crippen molar-refractivity contribution in [2.75, 3.05) is 4.90 Å². The third-order valence-corrected chi connectivity index (χ3v) is 6.17. The number of para-hydroxylation sites is 1. The first-order chi connectivity index (χ1) is 18.1. The molecule has 0 unspecified atom stereocenters. The summed E-state index contributed by atoms with van der Waals surface area (Å²) in [5, 5.41) is 32.3. The lowest BCUT2D eigenvalue weighted by Gasteiger charge is -2.34. The highest BCUT2D eigenvalue weighted by molar-refractivity contribution is 6.21. The molecule has 38 heavy (non-hydrogen) atoms. The van der Waals surface area contributed by atoms with E-state index in [0.717, 1.165) is 4.90 Å². The van der Waals surface area contributed by atoms with Crippen molar-refractivity contribution in [3.8, 4) is 6.07 Å². The molecule has 2 amide bonds. The number of hydrogen-bond acceptors (Lipinski definition) is 6. The van der Waals surface area contributed by atoms with Crippen LogP contribution >= 0.6 is 0 Å². The van der Waals surface area contributed by atoms with Gasteiger partial charge in [-0.25, -0.2) is 9.69 Å². The maximum absolute atomic E-state index is 14.5. The predicted octanol–water partition coefficient (Wildman–Crippen LogP) is 5.28. The first-order valence-corrected chi connectivity index (χ1v) is 11.9. The van der Waals surface area contributed by atoms with Gasteiger partial charge in [-0.15, -0.1) is 0 Å². The quantitative estimate of drug-likeness (QED) is 0.166. The minimum atomic E-state index is -2.16. The highest BCUT2D eigenvalue weighted by Crippen LogP contribution is 2.52. The summed E-state index contributed by atoms with van der Waals surface area (Å²) in [4.78, 5) is 28.8. The molecule has 0 bridgehead atoms. The number of ether oxygens (including phenoxy) is 1. The third kappa shape index (κ3) is 4.47. The summed E-state index contributed by atoms with van der Waals surface area (Å²) in [6.45, 7) is 5.02. The zero-order valence-corrected chi connectivity index (χ0v) is 21.2. The van der Waals surface area contributed by atoms with Crippen LogP contribution in [0.1, 0.15) is 43.4 Å². The van der Waals surface area contributed by atoms with E-state index in [0.29, 0.717) is 15.9 Å². The lowest BCUT2D eigenvalue weighted by Crippen LogP contribution is -2.53. The van der Waals surface area contributed by atoms with Gasteiger partial charge >= 0.3 is 12.0 Å². The van der Waals surface area contributed by atoms with Crippen LogP contribution < -0.4 is 4.90 Å². The summed E-state index contributed by atoms with van der Waals surface area (Å²) in [6, 6.07) is 25.6. The number of imide groups is 1. The maximum atomic E-state index is 14.5. The van der Waals surface area contributed by atoms with E-state index in [9.17, 15) is 20.1 Å². The number of benzene rings is 3. The minimum Gasteiger partial charge on any atom is -0.623 e. The molecule has 1 N–H and O–H groups in total. The molecule has 0 saturated carbocycles. The second-order valence-corrected chi connectivity index (χ2v) is 9.76. The predicted molar refractivity (Wildman–Crippen MR) is 143 cm³/mol. The largest absolute Gasteiger partial charge is 0.623 e. The van der Waals surface area contributed by atoms with Crippen LogP contribution in [0.2, 0.25) is 0 Å². The highest BCUT2D eigenvalue weighted by Gasteiger charge is 2.66. The number of nitrogens with zero attached hydrogens (tertiary/aromatic N) is 3. The van der Waals surface area contributed by atoms with E-state index < -0.39 is 29.1 Å². The van der Waals surface area contributed by atoms with Crippen molar-refractivity contribution in [2.24, 2.45) is 0 Å². The molecule has 1 heterocycles. The number of fused-ring (bicyclic) bond motifs is 1. The third-order valence-electron chi connectivity index (χ3n) is 6.17. The van der Waals surface area contributed by atoms with Gasteiger partial charge in [-0.1, -0.05) is 60.7 Å². The van der Waals surface area contributed by atoms with Crippen molar-refractivity contribution in [1.29, 1.82) is 10.7 Å². The SMILES string of the molecule is CC(C)(C)OC(=O)N1C(=O)[C@]([C@@H](C(=C=N)C#N)c2ccccc2)(/[N+]([O-])=C/c2ccccc2)c2ccccc21. The number of rotatable bonds is 5. The summed E-state index contributed by atoms with van der Waals surface area (Å²) in [6.07, 6.45) is 0.302. The smallest absolute Gasteiger partial charge is 0.421 e. The number of amides is 2. The molecule has 0 aromatic heterocycles. The second-order valence-electron chi connectivity index (χ2n) is 9.76. The van der Waals surface area contributed by atoms with Crippen LogP contribution in [0.5, 0.6) is 0 Å². The summed E-state index contributed by atoms with van der Waals surface area (Å²) in [7, 11) is 0. The standard InChI is InChI=1S/C30H26N4O4/c1-29(2,3)38-28(36)34-25-17-11-10-16-24(25)30(27(34)35,33(37)20-21-12-6-4-7-13-21)26(23(18-31)19-32)22-14-8-5-9-15-22/h4-17,20,26,31H,1-3H3/b33-20-/t26-,30+/m1/s1. The van der Waals surface area contributed by atoms with Gasteiger partial charge in [0.15, 0.2) is 6.21 Å².